The highest BCUT2D eigenvalue weighted by molar-refractivity contribution is 7.08. The van der Waals surface area contributed by atoms with Crippen molar-refractivity contribution in [3.8, 4) is 22.4 Å². The fourth-order valence-electron chi connectivity index (χ4n) is 2.08. The summed E-state index contributed by atoms with van der Waals surface area (Å²) in [4.78, 5) is 13.2. The number of hydrogen-bond donors (Lipinski definition) is 1. The van der Waals surface area contributed by atoms with Crippen molar-refractivity contribution in [2.45, 2.75) is 0 Å². The first-order valence-corrected chi connectivity index (χ1v) is 7.85. The fourth-order valence-corrected chi connectivity index (χ4v) is 2.74. The summed E-state index contributed by atoms with van der Waals surface area (Å²) in [5.41, 5.74) is 3.97. The van der Waals surface area contributed by atoms with Crippen LogP contribution in [0.2, 0.25) is 0 Å². The van der Waals surface area contributed by atoms with Crippen LogP contribution in [0.15, 0.2) is 47.5 Å². The summed E-state index contributed by atoms with van der Waals surface area (Å²) in [6.45, 7) is 1.28. The number of thiophene rings is 1. The van der Waals surface area contributed by atoms with Crippen molar-refractivity contribution < 1.29 is 4.74 Å². The van der Waals surface area contributed by atoms with Gasteiger partial charge in [0.15, 0.2) is 0 Å². The molecule has 22 heavy (non-hydrogen) atoms. The molecule has 0 aliphatic carbocycles. The zero-order chi connectivity index (χ0) is 15.2. The number of anilines is 1. The van der Waals surface area contributed by atoms with Gasteiger partial charge in [-0.2, -0.15) is 11.3 Å². The van der Waals surface area contributed by atoms with Crippen molar-refractivity contribution in [3.05, 3.63) is 47.5 Å². The summed E-state index contributed by atoms with van der Waals surface area (Å²) < 4.78 is 5.03. The average Bonchev–Trinajstić information content (AvgIpc) is 3.10. The van der Waals surface area contributed by atoms with E-state index < -0.39 is 0 Å². The summed E-state index contributed by atoms with van der Waals surface area (Å²) in [6, 6.07) is 5.98. The molecule has 0 radical (unpaired) electrons. The van der Waals surface area contributed by atoms with Gasteiger partial charge in [-0.1, -0.05) is 0 Å². The molecule has 112 valence electrons. The van der Waals surface area contributed by atoms with E-state index in [0.717, 1.165) is 22.4 Å². The zero-order valence-electron chi connectivity index (χ0n) is 12.2. The average molecular weight is 312 g/mol. The van der Waals surface area contributed by atoms with Crippen molar-refractivity contribution in [2.24, 2.45) is 0 Å². The molecule has 5 nitrogen and oxygen atoms in total. The highest BCUT2D eigenvalue weighted by Crippen LogP contribution is 2.31. The molecule has 0 amide bonds. The fraction of sp³-hybridized carbons (Fsp3) is 0.188. The number of hydrogen-bond acceptors (Lipinski definition) is 6. The summed E-state index contributed by atoms with van der Waals surface area (Å²) in [7, 11) is 1.67. The third kappa shape index (κ3) is 3.29. The second-order valence-electron chi connectivity index (χ2n) is 4.63. The minimum Gasteiger partial charge on any atom is -0.383 e. The van der Waals surface area contributed by atoms with E-state index in [1.807, 2.05) is 29.9 Å². The number of pyridine rings is 1. The van der Waals surface area contributed by atoms with Gasteiger partial charge in [-0.05, 0) is 34.5 Å². The Morgan fingerprint density at radius 2 is 2.18 bits per heavy atom. The van der Waals surface area contributed by atoms with Crippen LogP contribution in [0.25, 0.3) is 22.4 Å². The molecule has 0 saturated heterocycles. The molecule has 0 aromatic carbocycles. The van der Waals surface area contributed by atoms with E-state index in [1.54, 1.807) is 24.6 Å². The second-order valence-corrected chi connectivity index (χ2v) is 5.41. The molecular formula is C16H16N4OS. The topological polar surface area (TPSA) is 59.9 Å². The number of nitrogens with one attached hydrogen (secondary N) is 1. The van der Waals surface area contributed by atoms with Crippen LogP contribution in [0.4, 0.5) is 5.95 Å². The molecule has 0 aliphatic heterocycles. The lowest BCUT2D eigenvalue weighted by Gasteiger charge is -2.10. The van der Waals surface area contributed by atoms with Crippen LogP contribution in [0, 0.1) is 0 Å². The van der Waals surface area contributed by atoms with E-state index in [4.69, 9.17) is 4.74 Å². The molecule has 1 N–H and O–H groups in total. The lowest BCUT2D eigenvalue weighted by molar-refractivity contribution is 0.210. The maximum atomic E-state index is 5.03. The lowest BCUT2D eigenvalue weighted by Crippen LogP contribution is -2.10. The first-order valence-electron chi connectivity index (χ1n) is 6.91. The Labute approximate surface area is 133 Å². The predicted octanol–water partition coefficient (Wildman–Crippen LogP) is 3.33. The molecule has 0 fully saturated rings. The zero-order valence-corrected chi connectivity index (χ0v) is 13.0. The monoisotopic (exact) mass is 312 g/mol. The summed E-state index contributed by atoms with van der Waals surface area (Å²) in [5.74, 6) is 0.592. The van der Waals surface area contributed by atoms with Gasteiger partial charge in [0.25, 0.3) is 0 Å². The standard InChI is InChI=1S/C16H16N4OS/c1-21-7-6-18-16-19-10-14(13-4-8-22-11-13)15(20-16)12-3-2-5-17-9-12/h2-5,8-11H,6-7H2,1H3,(H,18,19,20). The minimum atomic E-state index is 0.592. The quantitative estimate of drug-likeness (QED) is 0.708. The van der Waals surface area contributed by atoms with E-state index in [0.29, 0.717) is 19.1 Å². The summed E-state index contributed by atoms with van der Waals surface area (Å²) in [6.07, 6.45) is 5.43. The van der Waals surface area contributed by atoms with E-state index in [9.17, 15) is 0 Å². The Hall–Kier alpha value is -2.31. The maximum Gasteiger partial charge on any atom is 0.223 e. The Bertz CT molecular complexity index is 716. The van der Waals surface area contributed by atoms with Gasteiger partial charge < -0.3 is 10.1 Å². The van der Waals surface area contributed by atoms with Gasteiger partial charge in [0.1, 0.15) is 0 Å². The molecule has 6 heteroatoms. The van der Waals surface area contributed by atoms with Crippen LogP contribution in [0.3, 0.4) is 0 Å². The van der Waals surface area contributed by atoms with Gasteiger partial charge in [-0.25, -0.2) is 9.97 Å². The van der Waals surface area contributed by atoms with Gasteiger partial charge >= 0.3 is 0 Å². The normalized spacial score (nSPS) is 10.6. The first-order chi connectivity index (χ1) is 10.9. The smallest absolute Gasteiger partial charge is 0.223 e. The van der Waals surface area contributed by atoms with Crippen molar-refractivity contribution in [1.82, 2.24) is 15.0 Å². The molecule has 0 aliphatic rings. The van der Waals surface area contributed by atoms with Crippen LogP contribution in [-0.4, -0.2) is 35.2 Å². The Morgan fingerprint density at radius 1 is 1.23 bits per heavy atom. The Balaban J connectivity index is 2.00. The van der Waals surface area contributed by atoms with Crippen LogP contribution < -0.4 is 5.32 Å². The number of rotatable bonds is 6. The lowest BCUT2D eigenvalue weighted by atomic mass is 10.0. The van der Waals surface area contributed by atoms with Crippen molar-refractivity contribution in [1.29, 1.82) is 0 Å². The minimum absolute atomic E-state index is 0.592. The van der Waals surface area contributed by atoms with Crippen LogP contribution in [0.1, 0.15) is 0 Å². The summed E-state index contributed by atoms with van der Waals surface area (Å²) >= 11 is 1.66. The number of ether oxygens (including phenoxy) is 1. The largest absolute Gasteiger partial charge is 0.383 e. The van der Waals surface area contributed by atoms with Crippen LogP contribution >= 0.6 is 11.3 Å². The number of methoxy groups -OCH3 is 1. The van der Waals surface area contributed by atoms with E-state index in [2.05, 4.69) is 31.7 Å². The van der Waals surface area contributed by atoms with Crippen molar-refractivity contribution in [2.75, 3.05) is 25.6 Å². The van der Waals surface area contributed by atoms with Crippen LogP contribution in [-0.2, 0) is 4.74 Å². The highest BCUT2D eigenvalue weighted by atomic mass is 32.1. The van der Waals surface area contributed by atoms with Gasteiger partial charge in [-0.15, -0.1) is 0 Å². The van der Waals surface area contributed by atoms with Crippen molar-refractivity contribution >= 4 is 17.3 Å². The second kappa shape index (κ2) is 7.11. The Morgan fingerprint density at radius 3 is 2.91 bits per heavy atom. The SMILES string of the molecule is COCCNc1ncc(-c2ccsc2)c(-c2cccnc2)n1. The highest BCUT2D eigenvalue weighted by Gasteiger charge is 2.12. The molecule has 0 atom stereocenters. The predicted molar refractivity (Wildman–Crippen MR) is 88.9 cm³/mol. The van der Waals surface area contributed by atoms with E-state index >= 15 is 0 Å². The third-order valence-corrected chi connectivity index (χ3v) is 3.83. The van der Waals surface area contributed by atoms with Gasteiger partial charge in [0.05, 0.1) is 12.3 Å². The molecule has 0 spiro atoms. The molecule has 3 aromatic rings. The number of nitrogens with zero attached hydrogens (tertiary/aromatic N) is 3. The van der Waals surface area contributed by atoms with Gasteiger partial charge in [-0.3, -0.25) is 4.98 Å². The Kier molecular flexibility index (Phi) is 4.72. The molecule has 3 aromatic heterocycles. The van der Waals surface area contributed by atoms with Gasteiger partial charge in [0, 0.05) is 43.4 Å². The van der Waals surface area contributed by atoms with Gasteiger partial charge in [0.2, 0.25) is 5.95 Å². The molecule has 0 unspecified atom stereocenters. The van der Waals surface area contributed by atoms with Crippen molar-refractivity contribution in [3.63, 3.8) is 0 Å². The molecule has 3 heterocycles. The maximum absolute atomic E-state index is 5.03. The third-order valence-electron chi connectivity index (χ3n) is 3.15. The number of aromatic nitrogens is 3. The van der Waals surface area contributed by atoms with E-state index in [-0.39, 0.29) is 0 Å². The summed E-state index contributed by atoms with van der Waals surface area (Å²) in [5, 5.41) is 7.31. The molecule has 3 rings (SSSR count). The molecule has 0 saturated carbocycles. The van der Waals surface area contributed by atoms with Crippen LogP contribution in [0.5, 0.6) is 0 Å². The van der Waals surface area contributed by atoms with E-state index in [1.165, 1.54) is 0 Å². The molecule has 0 bridgehead atoms. The molecular weight excluding hydrogens is 296 g/mol. The first kappa shape index (κ1) is 14.6.